The highest BCUT2D eigenvalue weighted by Gasteiger charge is 2.20. The van der Waals surface area contributed by atoms with E-state index in [1.165, 1.54) is 11.8 Å². The number of furan rings is 1. The lowest BCUT2D eigenvalue weighted by atomic mass is 10.2. The van der Waals surface area contributed by atoms with Gasteiger partial charge in [-0.2, -0.15) is 0 Å². The molecule has 3 aromatic rings. The third-order valence-electron chi connectivity index (χ3n) is 3.68. The molecule has 2 aromatic heterocycles. The summed E-state index contributed by atoms with van der Waals surface area (Å²) in [6.45, 7) is 3.69. The van der Waals surface area contributed by atoms with Crippen LogP contribution in [0.2, 0.25) is 5.02 Å². The zero-order chi connectivity index (χ0) is 18.0. The Morgan fingerprint density at radius 2 is 2.16 bits per heavy atom. The van der Waals surface area contributed by atoms with Gasteiger partial charge in [0.05, 0.1) is 17.1 Å². The number of rotatable bonds is 5. The molecule has 0 aliphatic rings. The van der Waals surface area contributed by atoms with Gasteiger partial charge in [0.15, 0.2) is 11.0 Å². The summed E-state index contributed by atoms with van der Waals surface area (Å²) < 4.78 is 7.17. The Bertz CT molecular complexity index is 906. The number of hydrogen-bond acceptors (Lipinski definition) is 5. The molecule has 0 spiro atoms. The van der Waals surface area contributed by atoms with Crippen molar-refractivity contribution in [3.63, 3.8) is 0 Å². The molecule has 1 amide bonds. The van der Waals surface area contributed by atoms with Gasteiger partial charge in [-0.25, -0.2) is 0 Å². The van der Waals surface area contributed by atoms with Gasteiger partial charge in [0.25, 0.3) is 0 Å². The van der Waals surface area contributed by atoms with Crippen LogP contribution in [0.5, 0.6) is 0 Å². The van der Waals surface area contributed by atoms with E-state index in [1.54, 1.807) is 30.5 Å². The van der Waals surface area contributed by atoms with Gasteiger partial charge in [-0.15, -0.1) is 10.2 Å². The lowest BCUT2D eigenvalue weighted by Gasteiger charge is -2.11. The van der Waals surface area contributed by atoms with Crippen molar-refractivity contribution in [2.45, 2.75) is 24.3 Å². The smallest absolute Gasteiger partial charge is 0.237 e. The van der Waals surface area contributed by atoms with E-state index in [0.29, 0.717) is 21.7 Å². The number of amides is 1. The van der Waals surface area contributed by atoms with Gasteiger partial charge in [-0.3, -0.25) is 4.79 Å². The Hall–Kier alpha value is -2.25. The minimum Gasteiger partial charge on any atom is -0.469 e. The van der Waals surface area contributed by atoms with Crippen LogP contribution >= 0.6 is 23.4 Å². The fourth-order valence-corrected chi connectivity index (χ4v) is 3.30. The standard InChI is InChI=1S/C17H17ClN4O2S/c1-10-14(7-8-24-10)15-20-21-17(22(15)3)25-11(2)16(23)19-13-6-4-5-12(18)9-13/h4-9,11H,1-3H3,(H,19,23). The third kappa shape index (κ3) is 3.88. The molecule has 0 radical (unpaired) electrons. The highest BCUT2D eigenvalue weighted by molar-refractivity contribution is 8.00. The van der Waals surface area contributed by atoms with Crippen molar-refractivity contribution in [1.82, 2.24) is 14.8 Å². The fraction of sp³-hybridized carbons (Fsp3) is 0.235. The Morgan fingerprint density at radius 1 is 1.36 bits per heavy atom. The average Bonchev–Trinajstić information content (AvgIpc) is 3.13. The molecule has 2 heterocycles. The van der Waals surface area contributed by atoms with E-state index < -0.39 is 0 Å². The lowest BCUT2D eigenvalue weighted by Crippen LogP contribution is -2.22. The maximum absolute atomic E-state index is 12.4. The van der Waals surface area contributed by atoms with Crippen LogP contribution in [-0.4, -0.2) is 25.9 Å². The molecule has 130 valence electrons. The number of nitrogens with one attached hydrogen (secondary N) is 1. The highest BCUT2D eigenvalue weighted by atomic mass is 35.5. The van der Waals surface area contributed by atoms with Crippen LogP contribution < -0.4 is 5.32 Å². The minimum atomic E-state index is -0.347. The van der Waals surface area contributed by atoms with Crippen LogP contribution in [-0.2, 0) is 11.8 Å². The van der Waals surface area contributed by atoms with Crippen molar-refractivity contribution >= 4 is 35.0 Å². The normalized spacial score (nSPS) is 12.2. The first-order chi connectivity index (χ1) is 12.0. The molecule has 1 atom stereocenters. The lowest BCUT2D eigenvalue weighted by molar-refractivity contribution is -0.115. The van der Waals surface area contributed by atoms with Crippen LogP contribution in [0, 0.1) is 6.92 Å². The number of nitrogens with zero attached hydrogens (tertiary/aromatic N) is 3. The van der Waals surface area contributed by atoms with E-state index in [-0.39, 0.29) is 11.2 Å². The van der Waals surface area contributed by atoms with E-state index in [2.05, 4.69) is 15.5 Å². The van der Waals surface area contributed by atoms with Gasteiger partial charge >= 0.3 is 0 Å². The number of halogens is 1. The molecule has 0 aliphatic carbocycles. The van der Waals surface area contributed by atoms with Crippen molar-refractivity contribution in [2.24, 2.45) is 7.05 Å². The van der Waals surface area contributed by atoms with Crippen molar-refractivity contribution in [2.75, 3.05) is 5.32 Å². The summed E-state index contributed by atoms with van der Waals surface area (Å²) in [6.07, 6.45) is 1.62. The first-order valence-electron chi connectivity index (χ1n) is 7.62. The number of carbonyl (C=O) groups is 1. The second-order valence-electron chi connectivity index (χ2n) is 5.52. The molecule has 0 fully saturated rings. The average molecular weight is 377 g/mol. The maximum Gasteiger partial charge on any atom is 0.237 e. The van der Waals surface area contributed by atoms with E-state index in [0.717, 1.165) is 11.3 Å². The van der Waals surface area contributed by atoms with Crippen LogP contribution in [0.3, 0.4) is 0 Å². The molecule has 0 aliphatic heterocycles. The second-order valence-corrected chi connectivity index (χ2v) is 7.26. The summed E-state index contributed by atoms with van der Waals surface area (Å²) in [5, 5.41) is 12.1. The molecule has 1 N–H and O–H groups in total. The van der Waals surface area contributed by atoms with E-state index in [4.69, 9.17) is 16.0 Å². The monoisotopic (exact) mass is 376 g/mol. The molecule has 8 heteroatoms. The summed E-state index contributed by atoms with van der Waals surface area (Å²) in [5.41, 5.74) is 1.55. The Kier molecular flexibility index (Phi) is 5.15. The largest absolute Gasteiger partial charge is 0.469 e. The van der Waals surface area contributed by atoms with Gasteiger partial charge < -0.3 is 14.3 Å². The molecule has 3 rings (SSSR count). The molecule has 25 heavy (non-hydrogen) atoms. The fourth-order valence-electron chi connectivity index (χ4n) is 2.29. The Balaban J connectivity index is 1.71. The van der Waals surface area contributed by atoms with E-state index in [9.17, 15) is 4.79 Å². The zero-order valence-corrected chi connectivity index (χ0v) is 15.6. The van der Waals surface area contributed by atoms with Crippen molar-refractivity contribution in [1.29, 1.82) is 0 Å². The summed E-state index contributed by atoms with van der Waals surface area (Å²) in [5.74, 6) is 1.35. The number of thioether (sulfide) groups is 1. The number of hydrogen-bond donors (Lipinski definition) is 1. The van der Waals surface area contributed by atoms with Gasteiger partial charge in [-0.1, -0.05) is 29.4 Å². The van der Waals surface area contributed by atoms with Crippen molar-refractivity contribution in [3.8, 4) is 11.4 Å². The number of carbonyl (C=O) groups excluding carboxylic acids is 1. The maximum atomic E-state index is 12.4. The van der Waals surface area contributed by atoms with Crippen LogP contribution in [0.4, 0.5) is 5.69 Å². The predicted molar refractivity (Wildman–Crippen MR) is 98.8 cm³/mol. The molecule has 0 bridgehead atoms. The Morgan fingerprint density at radius 3 is 2.84 bits per heavy atom. The van der Waals surface area contributed by atoms with Gasteiger partial charge in [-0.05, 0) is 38.1 Å². The van der Waals surface area contributed by atoms with E-state index in [1.807, 2.05) is 31.5 Å². The molecule has 1 aromatic carbocycles. The topological polar surface area (TPSA) is 72.9 Å². The molecule has 0 saturated heterocycles. The number of anilines is 1. The van der Waals surface area contributed by atoms with Crippen molar-refractivity contribution in [3.05, 3.63) is 47.4 Å². The first kappa shape index (κ1) is 17.6. The molecule has 6 nitrogen and oxygen atoms in total. The quantitative estimate of drug-likeness (QED) is 0.677. The highest BCUT2D eigenvalue weighted by Crippen LogP contribution is 2.28. The predicted octanol–water partition coefficient (Wildman–Crippen LogP) is 4.16. The van der Waals surface area contributed by atoms with Crippen LogP contribution in [0.15, 0.2) is 46.2 Å². The SMILES string of the molecule is Cc1occc1-c1nnc(SC(C)C(=O)Nc2cccc(Cl)c2)n1C. The second kappa shape index (κ2) is 7.33. The number of benzene rings is 1. The summed E-state index contributed by atoms with van der Waals surface area (Å²) in [7, 11) is 1.87. The van der Waals surface area contributed by atoms with Crippen LogP contribution in [0.25, 0.3) is 11.4 Å². The molecule has 0 saturated carbocycles. The number of aryl methyl sites for hydroxylation is 1. The Labute approximate surface area is 154 Å². The third-order valence-corrected chi connectivity index (χ3v) is 5.05. The molecular formula is C17H17ClN4O2S. The summed E-state index contributed by atoms with van der Waals surface area (Å²) in [4.78, 5) is 12.4. The number of aromatic nitrogens is 3. The first-order valence-corrected chi connectivity index (χ1v) is 8.88. The summed E-state index contributed by atoms with van der Waals surface area (Å²) >= 11 is 7.28. The van der Waals surface area contributed by atoms with Gasteiger partial charge in [0.1, 0.15) is 5.76 Å². The zero-order valence-electron chi connectivity index (χ0n) is 14.0. The van der Waals surface area contributed by atoms with E-state index >= 15 is 0 Å². The minimum absolute atomic E-state index is 0.128. The van der Waals surface area contributed by atoms with Gasteiger partial charge in [0, 0.05) is 17.8 Å². The molecular weight excluding hydrogens is 360 g/mol. The van der Waals surface area contributed by atoms with Crippen LogP contribution in [0.1, 0.15) is 12.7 Å². The summed E-state index contributed by atoms with van der Waals surface area (Å²) in [6, 6.07) is 8.90. The van der Waals surface area contributed by atoms with Gasteiger partial charge in [0.2, 0.25) is 5.91 Å². The van der Waals surface area contributed by atoms with Crippen molar-refractivity contribution < 1.29 is 9.21 Å². The molecule has 1 unspecified atom stereocenters.